The topological polar surface area (TPSA) is 139 Å². The molecule has 0 aliphatic carbocycles. The Balaban J connectivity index is 1.66. The van der Waals surface area contributed by atoms with Gasteiger partial charge in [0.15, 0.2) is 5.65 Å². The second kappa shape index (κ2) is 19.4. The van der Waals surface area contributed by atoms with Crippen LogP contribution in [-0.2, 0) is 30.3 Å². The summed E-state index contributed by atoms with van der Waals surface area (Å²) in [5.41, 5.74) is 3.92. The summed E-state index contributed by atoms with van der Waals surface area (Å²) in [5.74, 6) is 1.23. The highest BCUT2D eigenvalue weighted by Gasteiger charge is 2.47. The van der Waals surface area contributed by atoms with Gasteiger partial charge in [0.25, 0.3) is 0 Å². The second-order valence-corrected chi connectivity index (χ2v) is 33.8. The fourth-order valence-electron chi connectivity index (χ4n) is 7.48. The molecule has 5 heterocycles. The molecule has 0 radical (unpaired) electrons. The molecule has 13 nitrogen and oxygen atoms in total. The van der Waals surface area contributed by atoms with Crippen LogP contribution in [0, 0.1) is 0 Å². The molecule has 332 valence electrons. The van der Waals surface area contributed by atoms with Gasteiger partial charge < -0.3 is 33.3 Å². The molecule has 1 amide bonds. The number of ether oxygens (including phenoxy) is 4. The molecule has 2 saturated heterocycles. The van der Waals surface area contributed by atoms with E-state index in [2.05, 4.69) is 60.1 Å². The van der Waals surface area contributed by atoms with Crippen molar-refractivity contribution in [3.8, 4) is 11.1 Å². The highest BCUT2D eigenvalue weighted by atomic mass is 32.2. The van der Waals surface area contributed by atoms with Gasteiger partial charge in [-0.05, 0) is 92.3 Å². The minimum atomic E-state index is -1.40. The van der Waals surface area contributed by atoms with Crippen LogP contribution in [0.3, 0.4) is 0 Å². The van der Waals surface area contributed by atoms with Crippen LogP contribution in [0.25, 0.3) is 22.5 Å². The Morgan fingerprint density at radius 1 is 0.983 bits per heavy atom. The van der Waals surface area contributed by atoms with Crippen molar-refractivity contribution in [1.29, 1.82) is 0 Å². The zero-order chi connectivity index (χ0) is 44.2. The fourth-order valence-corrected chi connectivity index (χ4v) is 9.51. The first-order valence-electron chi connectivity index (χ1n) is 21.5. The van der Waals surface area contributed by atoms with E-state index in [4.69, 9.17) is 29.0 Å². The number of aromatic nitrogens is 4. The lowest BCUT2D eigenvalue weighted by Crippen LogP contribution is -2.48. The van der Waals surface area contributed by atoms with Gasteiger partial charge in [0.2, 0.25) is 0 Å². The molecular weight excluding hydrogens is 811 g/mol. The first kappa shape index (κ1) is 47.8. The number of piperidine rings is 1. The van der Waals surface area contributed by atoms with Crippen LogP contribution < -0.4 is 4.90 Å². The van der Waals surface area contributed by atoms with Crippen molar-refractivity contribution >= 4 is 57.0 Å². The minimum Gasteiger partial charge on any atom is -0.591 e. The van der Waals surface area contributed by atoms with Gasteiger partial charge >= 0.3 is 6.09 Å². The molecule has 0 aromatic carbocycles. The largest absolute Gasteiger partial charge is 0.591 e. The summed E-state index contributed by atoms with van der Waals surface area (Å²) < 4.78 is 43.5. The van der Waals surface area contributed by atoms with E-state index in [1.165, 1.54) is 0 Å². The molecule has 2 fully saturated rings. The number of amides is 1. The minimum absolute atomic E-state index is 0.0113. The average molecular weight is 882 g/mol. The molecule has 16 heteroatoms. The van der Waals surface area contributed by atoms with Crippen LogP contribution in [0.1, 0.15) is 97.0 Å². The summed E-state index contributed by atoms with van der Waals surface area (Å²) in [7, 11) is -2.73. The number of carbonyl (C=O) groups excluding carboxylic acids is 1. The predicted molar refractivity (Wildman–Crippen MR) is 250 cm³/mol. The van der Waals surface area contributed by atoms with Crippen molar-refractivity contribution in [3.05, 3.63) is 48.1 Å². The molecule has 2 aliphatic rings. The van der Waals surface area contributed by atoms with Crippen LogP contribution in [0.2, 0.25) is 51.4 Å². The first-order chi connectivity index (χ1) is 28.0. The first-order valence-corrected chi connectivity index (χ1v) is 30.1. The molecule has 0 spiro atoms. The molecule has 0 N–H and O–H groups in total. The van der Waals surface area contributed by atoms with Crippen molar-refractivity contribution in [3.63, 3.8) is 0 Å². The van der Waals surface area contributed by atoms with Crippen molar-refractivity contribution < 1.29 is 28.3 Å². The van der Waals surface area contributed by atoms with Gasteiger partial charge in [-0.1, -0.05) is 56.3 Å². The van der Waals surface area contributed by atoms with E-state index in [-0.39, 0.29) is 37.6 Å². The number of carbonyl (C=O) groups is 1. The number of hydrogen-bond acceptors (Lipinski definition) is 11. The maximum Gasteiger partial charge on any atom is 0.410 e. The zero-order valence-corrected chi connectivity index (χ0v) is 41.4. The van der Waals surface area contributed by atoms with Crippen LogP contribution >= 0.6 is 0 Å². The Bertz CT molecular complexity index is 1930. The summed E-state index contributed by atoms with van der Waals surface area (Å²) in [6, 6.07) is 5.91. The second-order valence-electron chi connectivity index (χ2n) is 20.6. The van der Waals surface area contributed by atoms with Gasteiger partial charge in [-0.3, -0.25) is 4.98 Å². The quantitative estimate of drug-likeness (QED) is 0.0303. The predicted octanol–water partition coefficient (Wildman–Crippen LogP) is 9.76. The van der Waals surface area contributed by atoms with Gasteiger partial charge in [0, 0.05) is 64.7 Å². The van der Waals surface area contributed by atoms with Gasteiger partial charge in [-0.2, -0.15) is 9.61 Å². The molecule has 60 heavy (non-hydrogen) atoms. The summed E-state index contributed by atoms with van der Waals surface area (Å²) in [6.07, 6.45) is 8.16. The van der Waals surface area contributed by atoms with Crippen molar-refractivity contribution in [1.82, 2.24) is 24.5 Å². The van der Waals surface area contributed by atoms with E-state index in [1.54, 1.807) is 12.4 Å². The van der Waals surface area contributed by atoms with Crippen molar-refractivity contribution in [2.45, 2.75) is 154 Å². The maximum absolute atomic E-state index is 13.6. The van der Waals surface area contributed by atoms with Crippen LogP contribution in [0.5, 0.6) is 0 Å². The van der Waals surface area contributed by atoms with Crippen molar-refractivity contribution in [2.24, 2.45) is 4.40 Å². The Hall–Kier alpha value is -3.29. The van der Waals surface area contributed by atoms with Crippen LogP contribution in [0.15, 0.2) is 35.5 Å². The van der Waals surface area contributed by atoms with Gasteiger partial charge in [-0.25, -0.2) is 9.78 Å². The third-order valence-corrected chi connectivity index (χ3v) is 15.4. The Morgan fingerprint density at radius 3 is 2.08 bits per heavy atom. The van der Waals surface area contributed by atoms with E-state index in [1.807, 2.05) is 76.2 Å². The summed E-state index contributed by atoms with van der Waals surface area (Å²) in [5, 5.41) is 5.02. The Morgan fingerprint density at radius 2 is 1.58 bits per heavy atom. The highest BCUT2D eigenvalue weighted by molar-refractivity contribution is 7.91. The van der Waals surface area contributed by atoms with E-state index in [9.17, 15) is 9.35 Å². The van der Waals surface area contributed by atoms with Crippen LogP contribution in [0.4, 0.5) is 10.6 Å². The fraction of sp³-hybridized carbons (Fsp3) is 0.659. The molecule has 2 bridgehead atoms. The zero-order valence-electron chi connectivity index (χ0n) is 38.6. The molecule has 5 rings (SSSR count). The molecule has 3 aromatic rings. The van der Waals surface area contributed by atoms with E-state index >= 15 is 0 Å². The number of hydrogen-bond donors (Lipinski definition) is 0. The monoisotopic (exact) mass is 881 g/mol. The van der Waals surface area contributed by atoms with Gasteiger partial charge in [0.1, 0.15) is 53.0 Å². The smallest absolute Gasteiger partial charge is 0.410 e. The summed E-state index contributed by atoms with van der Waals surface area (Å²) in [6.45, 7) is 34.2. The van der Waals surface area contributed by atoms with Crippen molar-refractivity contribution in [2.75, 3.05) is 38.2 Å². The number of fused-ring (bicyclic) bond motifs is 3. The normalized spacial score (nSPS) is 19.3. The Kier molecular flexibility index (Phi) is 15.4. The molecule has 0 saturated carbocycles. The summed E-state index contributed by atoms with van der Waals surface area (Å²) in [4.78, 5) is 27.8. The molecule has 4 atom stereocenters. The third kappa shape index (κ3) is 12.6. The number of nitrogens with zero attached hydrogens (tertiary/aromatic N) is 7. The molecule has 1 unspecified atom stereocenters. The van der Waals surface area contributed by atoms with E-state index in [0.29, 0.717) is 36.9 Å². The summed E-state index contributed by atoms with van der Waals surface area (Å²) >= 11 is -1.40. The van der Waals surface area contributed by atoms with E-state index in [0.717, 1.165) is 66.0 Å². The maximum atomic E-state index is 13.6. The van der Waals surface area contributed by atoms with E-state index < -0.39 is 37.9 Å². The number of anilines is 1. The lowest BCUT2D eigenvalue weighted by molar-refractivity contribution is 0.00566. The number of rotatable bonds is 18. The third-order valence-electron chi connectivity index (χ3n) is 10.7. The standard InChI is InChI=1S/C44H71N7O6SSi2/c1-15-56-31(2)38-39(33-24-35-18-19-36(25-33)50(35)42(52)57-43(3,4)5)48-40-37(32-16-17-34(45-26-32)27-47-58(53)44(6,7)8)28-46-51(40)41(38)49(29-54-20-22-59(9,10)11)30-55-21-23-60(12,13)14/h16-17,26-28,33,35-36H,2,15,18-25,29-30H2,1,3-14H3/b47-27+/t33-,35+,36-,58?. The van der Waals surface area contributed by atoms with Gasteiger partial charge in [0.05, 0.1) is 29.8 Å². The SMILES string of the molecule is C=C(OCC)c1c([C@H]2C[C@H]3CC[C@@H](C2)N3C(=O)OC(C)(C)C)nc2c(-c3ccc(/C=N/[S+]([O-])C(C)(C)C)nc3)cnn2c1N(COCC[Si](C)(C)C)COCC[Si](C)(C)C. The highest BCUT2D eigenvalue weighted by Crippen LogP contribution is 2.47. The lowest BCUT2D eigenvalue weighted by Gasteiger charge is -2.40. The Labute approximate surface area is 364 Å². The average Bonchev–Trinajstić information content (AvgIpc) is 3.68. The molecule has 2 aliphatic heterocycles. The van der Waals surface area contributed by atoms with Crippen LogP contribution in [-0.4, -0.2) is 113 Å². The number of pyridine rings is 1. The van der Waals surface area contributed by atoms with Gasteiger partial charge in [-0.15, -0.1) is 0 Å². The molecule has 3 aromatic heterocycles. The lowest BCUT2D eigenvalue weighted by atomic mass is 9.85. The molecular formula is C44H71N7O6SSi2.